The first-order chi connectivity index (χ1) is 7.85. The molecule has 0 radical (unpaired) electrons. The normalized spacial score (nSPS) is 11.4. The Hall–Kier alpha value is -0.720. The van der Waals surface area contributed by atoms with E-state index in [1.807, 2.05) is 0 Å². The number of alkyl halides is 2. The van der Waals surface area contributed by atoms with Gasteiger partial charge in [0.25, 0.3) is 11.8 Å². The molecule has 1 aromatic rings. The minimum Gasteiger partial charge on any atom is -0.346 e. The Kier molecular flexibility index (Phi) is 4.85. The van der Waals surface area contributed by atoms with Gasteiger partial charge in [0.15, 0.2) is 0 Å². The van der Waals surface area contributed by atoms with Gasteiger partial charge in [-0.1, -0.05) is 11.6 Å². The second kappa shape index (κ2) is 5.75. The average molecular weight is 328 g/mol. The van der Waals surface area contributed by atoms with Crippen molar-refractivity contribution in [3.05, 3.63) is 33.3 Å². The molecule has 0 aliphatic carbocycles. The number of benzene rings is 1. The Balaban J connectivity index is 2.68. The van der Waals surface area contributed by atoms with Crippen LogP contribution in [0.2, 0.25) is 5.02 Å². The minimum absolute atomic E-state index is 0.214. The van der Waals surface area contributed by atoms with Crippen LogP contribution in [0.1, 0.15) is 10.4 Å². The third-order valence-electron chi connectivity index (χ3n) is 1.99. The Morgan fingerprint density at radius 2 is 2.18 bits per heavy atom. The van der Waals surface area contributed by atoms with Crippen LogP contribution >= 0.6 is 27.5 Å². The van der Waals surface area contributed by atoms with Crippen LogP contribution in [-0.4, -0.2) is 24.9 Å². The van der Waals surface area contributed by atoms with Crippen LogP contribution in [0.3, 0.4) is 0 Å². The van der Waals surface area contributed by atoms with E-state index in [2.05, 4.69) is 21.2 Å². The zero-order valence-corrected chi connectivity index (χ0v) is 11.0. The first-order valence-electron chi connectivity index (χ1n) is 4.67. The van der Waals surface area contributed by atoms with Crippen LogP contribution in [0.25, 0.3) is 0 Å². The third-order valence-corrected chi connectivity index (χ3v) is 3.22. The highest BCUT2D eigenvalue weighted by Gasteiger charge is 2.27. The van der Waals surface area contributed by atoms with Gasteiger partial charge >= 0.3 is 0 Å². The largest absolute Gasteiger partial charge is 0.346 e. The number of halogens is 4. The van der Waals surface area contributed by atoms with Crippen molar-refractivity contribution >= 4 is 33.4 Å². The third kappa shape index (κ3) is 4.22. The van der Waals surface area contributed by atoms with Crippen molar-refractivity contribution in [1.82, 2.24) is 5.32 Å². The van der Waals surface area contributed by atoms with Crippen molar-refractivity contribution in [2.45, 2.75) is 5.92 Å². The fourth-order valence-electron chi connectivity index (χ4n) is 1.02. The SMILES string of the molecule is NCC(F)(F)CNC(=O)c1ccc(Br)c(Cl)c1. The monoisotopic (exact) mass is 326 g/mol. The predicted octanol–water partition coefficient (Wildman–Crippen LogP) is 2.43. The molecule has 1 rings (SSSR count). The van der Waals surface area contributed by atoms with Crippen molar-refractivity contribution in [3.63, 3.8) is 0 Å². The number of amides is 1. The van der Waals surface area contributed by atoms with Gasteiger partial charge in [-0.2, -0.15) is 0 Å². The summed E-state index contributed by atoms with van der Waals surface area (Å²) in [5.41, 5.74) is 5.06. The maximum atomic E-state index is 12.8. The minimum atomic E-state index is -3.10. The molecule has 1 amide bonds. The highest BCUT2D eigenvalue weighted by Crippen LogP contribution is 2.23. The van der Waals surface area contributed by atoms with E-state index >= 15 is 0 Å². The van der Waals surface area contributed by atoms with Crippen molar-refractivity contribution in [1.29, 1.82) is 0 Å². The summed E-state index contributed by atoms with van der Waals surface area (Å²) in [5.74, 6) is -3.72. The molecule has 0 aliphatic rings. The van der Waals surface area contributed by atoms with E-state index in [4.69, 9.17) is 17.3 Å². The number of rotatable bonds is 4. The van der Waals surface area contributed by atoms with E-state index in [0.717, 1.165) is 0 Å². The fraction of sp³-hybridized carbons (Fsp3) is 0.300. The topological polar surface area (TPSA) is 55.1 Å². The number of carbonyl (C=O) groups excluding carboxylic acids is 1. The van der Waals surface area contributed by atoms with Gasteiger partial charge in [0.2, 0.25) is 0 Å². The molecule has 0 unspecified atom stereocenters. The molecule has 17 heavy (non-hydrogen) atoms. The zero-order chi connectivity index (χ0) is 13.1. The van der Waals surface area contributed by atoms with Gasteiger partial charge in [-0.15, -0.1) is 0 Å². The highest BCUT2D eigenvalue weighted by molar-refractivity contribution is 9.10. The lowest BCUT2D eigenvalue weighted by Gasteiger charge is -2.14. The van der Waals surface area contributed by atoms with Gasteiger partial charge in [0, 0.05) is 10.0 Å². The van der Waals surface area contributed by atoms with Crippen LogP contribution in [0.15, 0.2) is 22.7 Å². The molecule has 1 aromatic carbocycles. The van der Waals surface area contributed by atoms with Crippen LogP contribution in [0.4, 0.5) is 8.78 Å². The Morgan fingerprint density at radius 1 is 1.53 bits per heavy atom. The standard InChI is InChI=1S/C10H10BrClF2N2O/c11-7-2-1-6(3-8(7)12)9(17)16-5-10(13,14)4-15/h1-3H,4-5,15H2,(H,16,17). The van der Waals surface area contributed by atoms with Gasteiger partial charge in [-0.25, -0.2) is 8.78 Å². The molecular formula is C10H10BrClF2N2O. The van der Waals surface area contributed by atoms with E-state index in [1.54, 1.807) is 6.07 Å². The summed E-state index contributed by atoms with van der Waals surface area (Å²) in [6.45, 7) is -1.61. The summed E-state index contributed by atoms with van der Waals surface area (Å²) in [5, 5.41) is 2.43. The summed E-state index contributed by atoms with van der Waals surface area (Å²) in [7, 11) is 0. The number of hydrogen-bond acceptors (Lipinski definition) is 2. The molecule has 3 N–H and O–H groups in total. The molecule has 0 fully saturated rings. The molecule has 94 valence electrons. The fourth-order valence-corrected chi connectivity index (χ4v) is 1.45. The summed E-state index contributed by atoms with van der Waals surface area (Å²) >= 11 is 8.94. The smallest absolute Gasteiger partial charge is 0.277 e. The van der Waals surface area contributed by atoms with Gasteiger partial charge in [0.05, 0.1) is 18.1 Å². The zero-order valence-electron chi connectivity index (χ0n) is 8.64. The molecular weight excluding hydrogens is 317 g/mol. The molecule has 0 heterocycles. The lowest BCUT2D eigenvalue weighted by atomic mass is 10.2. The van der Waals surface area contributed by atoms with E-state index < -0.39 is 24.9 Å². The van der Waals surface area contributed by atoms with Crippen LogP contribution < -0.4 is 11.1 Å². The Morgan fingerprint density at radius 3 is 2.71 bits per heavy atom. The molecule has 0 saturated heterocycles. The number of carbonyl (C=O) groups is 1. The maximum absolute atomic E-state index is 12.8. The van der Waals surface area contributed by atoms with Crippen molar-refractivity contribution in [2.24, 2.45) is 5.73 Å². The molecule has 0 bridgehead atoms. The van der Waals surface area contributed by atoms with Crippen molar-refractivity contribution in [3.8, 4) is 0 Å². The van der Waals surface area contributed by atoms with E-state index in [9.17, 15) is 13.6 Å². The van der Waals surface area contributed by atoms with Gasteiger partial charge in [-0.05, 0) is 34.1 Å². The molecule has 0 atom stereocenters. The lowest BCUT2D eigenvalue weighted by Crippen LogP contribution is -2.41. The Bertz CT molecular complexity index is 429. The highest BCUT2D eigenvalue weighted by atomic mass is 79.9. The second-order valence-electron chi connectivity index (χ2n) is 3.37. The van der Waals surface area contributed by atoms with Gasteiger partial charge in [-0.3, -0.25) is 4.79 Å². The molecule has 0 saturated carbocycles. The van der Waals surface area contributed by atoms with E-state index in [1.165, 1.54) is 12.1 Å². The van der Waals surface area contributed by atoms with Crippen LogP contribution in [-0.2, 0) is 0 Å². The van der Waals surface area contributed by atoms with Gasteiger partial charge in [0.1, 0.15) is 0 Å². The molecule has 0 aliphatic heterocycles. The molecule has 3 nitrogen and oxygen atoms in total. The number of nitrogens with one attached hydrogen (secondary N) is 1. The van der Waals surface area contributed by atoms with Crippen molar-refractivity contribution in [2.75, 3.05) is 13.1 Å². The number of nitrogens with two attached hydrogens (primary N) is 1. The first-order valence-corrected chi connectivity index (χ1v) is 5.84. The second-order valence-corrected chi connectivity index (χ2v) is 4.63. The molecule has 0 spiro atoms. The van der Waals surface area contributed by atoms with Crippen LogP contribution in [0.5, 0.6) is 0 Å². The quantitative estimate of drug-likeness (QED) is 0.892. The average Bonchev–Trinajstić information content (AvgIpc) is 2.30. The first kappa shape index (κ1) is 14.3. The summed E-state index contributed by atoms with van der Waals surface area (Å²) < 4.78 is 26.2. The lowest BCUT2D eigenvalue weighted by molar-refractivity contribution is 0.0118. The van der Waals surface area contributed by atoms with Crippen LogP contribution in [0, 0.1) is 0 Å². The van der Waals surface area contributed by atoms with E-state index in [0.29, 0.717) is 9.50 Å². The van der Waals surface area contributed by atoms with Crippen molar-refractivity contribution < 1.29 is 13.6 Å². The van der Waals surface area contributed by atoms with Gasteiger partial charge < -0.3 is 11.1 Å². The summed E-state index contributed by atoms with van der Waals surface area (Å²) in [6.07, 6.45) is 0. The van der Waals surface area contributed by atoms with E-state index in [-0.39, 0.29) is 5.56 Å². The Labute approximate surface area is 110 Å². The summed E-state index contributed by atoms with van der Waals surface area (Å²) in [6, 6.07) is 4.44. The molecule has 0 aromatic heterocycles. The molecule has 7 heteroatoms. The maximum Gasteiger partial charge on any atom is 0.277 e. The predicted molar refractivity (Wildman–Crippen MR) is 65.5 cm³/mol. The summed E-state index contributed by atoms with van der Waals surface area (Å²) in [4.78, 5) is 11.5. The number of hydrogen-bond donors (Lipinski definition) is 2.